The fourth-order valence-corrected chi connectivity index (χ4v) is 2.30. The molecule has 0 aliphatic carbocycles. The maximum absolute atomic E-state index is 12.1. The summed E-state index contributed by atoms with van der Waals surface area (Å²) in [5, 5.41) is 14.3. The lowest BCUT2D eigenvalue weighted by Crippen LogP contribution is -2.41. The molecule has 3 N–H and O–H groups in total. The zero-order chi connectivity index (χ0) is 15.6. The van der Waals surface area contributed by atoms with Crippen molar-refractivity contribution in [2.45, 2.75) is 32.7 Å². The van der Waals surface area contributed by atoms with Crippen LogP contribution in [0.4, 0.5) is 5.69 Å². The molecule has 1 heterocycles. The van der Waals surface area contributed by atoms with Crippen LogP contribution in [-0.2, 0) is 16.0 Å². The Labute approximate surface area is 122 Å². The zero-order valence-electron chi connectivity index (χ0n) is 12.0. The number of fused-ring (bicyclic) bond motifs is 1. The minimum atomic E-state index is -1.05. The Balaban J connectivity index is 2.11. The fraction of sp³-hybridized carbons (Fsp3) is 0.400. The first-order valence-electron chi connectivity index (χ1n) is 6.83. The molecule has 2 rings (SSSR count). The Morgan fingerprint density at radius 3 is 2.71 bits per heavy atom. The topological polar surface area (TPSA) is 95.5 Å². The van der Waals surface area contributed by atoms with E-state index >= 15 is 0 Å². The van der Waals surface area contributed by atoms with Crippen LogP contribution in [0.1, 0.15) is 36.2 Å². The Morgan fingerprint density at radius 1 is 1.38 bits per heavy atom. The molecule has 112 valence electrons. The molecule has 0 saturated carbocycles. The van der Waals surface area contributed by atoms with E-state index in [0.717, 1.165) is 5.56 Å². The molecule has 0 bridgehead atoms. The number of carboxylic acids is 1. The third-order valence-electron chi connectivity index (χ3n) is 3.30. The summed E-state index contributed by atoms with van der Waals surface area (Å²) in [6.07, 6.45) is 0.608. The second-order valence-corrected chi connectivity index (χ2v) is 5.59. The molecule has 6 nitrogen and oxygen atoms in total. The molecule has 1 aromatic carbocycles. The number of anilines is 1. The van der Waals surface area contributed by atoms with E-state index in [2.05, 4.69) is 10.6 Å². The van der Waals surface area contributed by atoms with Gasteiger partial charge in [0.25, 0.3) is 5.91 Å². The summed E-state index contributed by atoms with van der Waals surface area (Å²) in [6, 6.07) is 3.95. The van der Waals surface area contributed by atoms with Crippen LogP contribution in [-0.4, -0.2) is 28.9 Å². The van der Waals surface area contributed by atoms with Crippen molar-refractivity contribution in [2.75, 3.05) is 5.32 Å². The van der Waals surface area contributed by atoms with Gasteiger partial charge in [-0.3, -0.25) is 9.59 Å². The summed E-state index contributed by atoms with van der Waals surface area (Å²) in [4.78, 5) is 34.6. The maximum atomic E-state index is 12.1. The molecule has 0 radical (unpaired) electrons. The van der Waals surface area contributed by atoms with E-state index in [1.54, 1.807) is 18.2 Å². The predicted octanol–water partition coefficient (Wildman–Crippen LogP) is 1.41. The number of hydrogen-bond acceptors (Lipinski definition) is 3. The first-order chi connectivity index (χ1) is 9.86. The smallest absolute Gasteiger partial charge is 0.326 e. The van der Waals surface area contributed by atoms with Gasteiger partial charge in [-0.15, -0.1) is 0 Å². The third kappa shape index (κ3) is 3.59. The number of amides is 2. The highest BCUT2D eigenvalue weighted by atomic mass is 16.4. The number of aliphatic carboxylic acids is 1. The number of carbonyl (C=O) groups excluding carboxylic acids is 2. The molecule has 1 aliphatic rings. The van der Waals surface area contributed by atoms with Crippen LogP contribution < -0.4 is 10.6 Å². The van der Waals surface area contributed by atoms with Gasteiger partial charge in [0.2, 0.25) is 5.91 Å². The van der Waals surface area contributed by atoms with Gasteiger partial charge >= 0.3 is 5.97 Å². The van der Waals surface area contributed by atoms with Crippen molar-refractivity contribution in [3.63, 3.8) is 0 Å². The zero-order valence-corrected chi connectivity index (χ0v) is 12.0. The van der Waals surface area contributed by atoms with Crippen LogP contribution >= 0.6 is 0 Å². The van der Waals surface area contributed by atoms with Crippen LogP contribution in [0.15, 0.2) is 18.2 Å². The van der Waals surface area contributed by atoms with Gasteiger partial charge in [-0.05, 0) is 36.1 Å². The number of rotatable bonds is 5. The van der Waals surface area contributed by atoms with E-state index in [-0.39, 0.29) is 18.2 Å². The van der Waals surface area contributed by atoms with Crippen molar-refractivity contribution in [3.8, 4) is 0 Å². The van der Waals surface area contributed by atoms with Crippen LogP contribution in [0.3, 0.4) is 0 Å². The van der Waals surface area contributed by atoms with E-state index in [9.17, 15) is 14.4 Å². The average molecular weight is 290 g/mol. The SMILES string of the molecule is CC(C)C[C@@H](NC(=O)c1ccc2c(c1)CC(=O)N2)C(=O)O. The molecule has 0 spiro atoms. The normalized spacial score (nSPS) is 14.5. The summed E-state index contributed by atoms with van der Waals surface area (Å²) in [7, 11) is 0. The average Bonchev–Trinajstić information content (AvgIpc) is 2.76. The molecule has 21 heavy (non-hydrogen) atoms. The summed E-state index contributed by atoms with van der Waals surface area (Å²) < 4.78 is 0. The first-order valence-corrected chi connectivity index (χ1v) is 6.83. The second-order valence-electron chi connectivity index (χ2n) is 5.59. The van der Waals surface area contributed by atoms with E-state index in [1.807, 2.05) is 13.8 Å². The van der Waals surface area contributed by atoms with E-state index in [1.165, 1.54) is 0 Å². The molecule has 0 aromatic heterocycles. The summed E-state index contributed by atoms with van der Waals surface area (Å²) >= 11 is 0. The first kappa shape index (κ1) is 15.0. The molecule has 0 saturated heterocycles. The highest BCUT2D eigenvalue weighted by molar-refractivity contribution is 6.02. The minimum absolute atomic E-state index is 0.106. The molecule has 6 heteroatoms. The number of carbonyl (C=O) groups is 3. The largest absolute Gasteiger partial charge is 0.480 e. The van der Waals surface area contributed by atoms with Crippen molar-refractivity contribution < 1.29 is 19.5 Å². The minimum Gasteiger partial charge on any atom is -0.480 e. The molecular weight excluding hydrogens is 272 g/mol. The standard InChI is InChI=1S/C15H18N2O4/c1-8(2)5-12(15(20)21)17-14(19)9-3-4-11-10(6-9)7-13(18)16-11/h3-4,6,8,12H,5,7H2,1-2H3,(H,16,18)(H,17,19)(H,20,21)/t12-/m1/s1. The number of hydrogen-bond donors (Lipinski definition) is 3. The Morgan fingerprint density at radius 2 is 2.10 bits per heavy atom. The maximum Gasteiger partial charge on any atom is 0.326 e. The molecule has 0 unspecified atom stereocenters. The molecule has 2 amide bonds. The molecule has 0 fully saturated rings. The lowest BCUT2D eigenvalue weighted by atomic mass is 10.0. The van der Waals surface area contributed by atoms with Gasteiger partial charge in [0, 0.05) is 11.3 Å². The summed E-state index contributed by atoms with van der Waals surface area (Å²) in [5.74, 6) is -1.43. The molecular formula is C15H18N2O4. The highest BCUT2D eigenvalue weighted by Crippen LogP contribution is 2.23. The predicted molar refractivity (Wildman–Crippen MR) is 77.1 cm³/mol. The van der Waals surface area contributed by atoms with Crippen molar-refractivity contribution in [1.29, 1.82) is 0 Å². The fourth-order valence-electron chi connectivity index (χ4n) is 2.30. The van der Waals surface area contributed by atoms with Crippen LogP contribution in [0.2, 0.25) is 0 Å². The van der Waals surface area contributed by atoms with Crippen LogP contribution in [0.25, 0.3) is 0 Å². The Hall–Kier alpha value is -2.37. The van der Waals surface area contributed by atoms with E-state index in [4.69, 9.17) is 5.11 Å². The third-order valence-corrected chi connectivity index (χ3v) is 3.30. The quantitative estimate of drug-likeness (QED) is 0.764. The van der Waals surface area contributed by atoms with Gasteiger partial charge < -0.3 is 15.7 Å². The van der Waals surface area contributed by atoms with Gasteiger partial charge in [-0.1, -0.05) is 13.8 Å². The number of carboxylic acid groups (broad SMARTS) is 1. The number of benzene rings is 1. The van der Waals surface area contributed by atoms with Gasteiger partial charge in [-0.25, -0.2) is 4.79 Å². The van der Waals surface area contributed by atoms with Gasteiger partial charge in [0.05, 0.1) is 6.42 Å². The van der Waals surface area contributed by atoms with Crippen molar-refractivity contribution in [1.82, 2.24) is 5.32 Å². The highest BCUT2D eigenvalue weighted by Gasteiger charge is 2.23. The Bertz CT molecular complexity index is 595. The summed E-state index contributed by atoms with van der Waals surface area (Å²) in [6.45, 7) is 3.80. The van der Waals surface area contributed by atoms with E-state index < -0.39 is 17.9 Å². The monoisotopic (exact) mass is 290 g/mol. The second kappa shape index (κ2) is 5.95. The summed E-state index contributed by atoms with van der Waals surface area (Å²) in [5.41, 5.74) is 1.82. The number of nitrogens with one attached hydrogen (secondary N) is 2. The molecule has 1 atom stereocenters. The van der Waals surface area contributed by atoms with E-state index in [0.29, 0.717) is 17.7 Å². The van der Waals surface area contributed by atoms with Crippen molar-refractivity contribution in [2.24, 2.45) is 5.92 Å². The lowest BCUT2D eigenvalue weighted by Gasteiger charge is -2.16. The van der Waals surface area contributed by atoms with Crippen LogP contribution in [0.5, 0.6) is 0 Å². The molecule has 1 aromatic rings. The molecule has 1 aliphatic heterocycles. The van der Waals surface area contributed by atoms with Gasteiger partial charge in [-0.2, -0.15) is 0 Å². The lowest BCUT2D eigenvalue weighted by molar-refractivity contribution is -0.139. The van der Waals surface area contributed by atoms with Crippen molar-refractivity contribution >= 4 is 23.5 Å². The van der Waals surface area contributed by atoms with Gasteiger partial charge in [0.1, 0.15) is 6.04 Å². The van der Waals surface area contributed by atoms with Crippen LogP contribution in [0, 0.1) is 5.92 Å². The van der Waals surface area contributed by atoms with Crippen molar-refractivity contribution in [3.05, 3.63) is 29.3 Å². The van der Waals surface area contributed by atoms with Gasteiger partial charge in [0.15, 0.2) is 0 Å². The Kier molecular flexibility index (Phi) is 4.26.